The van der Waals surface area contributed by atoms with Crippen molar-refractivity contribution in [1.29, 1.82) is 0 Å². The summed E-state index contributed by atoms with van der Waals surface area (Å²) in [4.78, 5) is 11.4. The van der Waals surface area contributed by atoms with E-state index in [0.717, 1.165) is 0 Å². The molecule has 74 valence electrons. The Morgan fingerprint density at radius 3 is 2.64 bits per heavy atom. The summed E-state index contributed by atoms with van der Waals surface area (Å²) in [5.41, 5.74) is 0.800. The summed E-state index contributed by atoms with van der Waals surface area (Å²) in [5.74, 6) is -0.619. The lowest BCUT2D eigenvalue weighted by Gasteiger charge is -2.04. The molecule has 1 rings (SSSR count). The number of halogens is 1. The van der Waals surface area contributed by atoms with Crippen molar-refractivity contribution in [2.24, 2.45) is 0 Å². The molecule has 3 heteroatoms. The summed E-state index contributed by atoms with van der Waals surface area (Å²) >= 11 is 0. The fourth-order valence-electron chi connectivity index (χ4n) is 1.05. The van der Waals surface area contributed by atoms with Gasteiger partial charge in [-0.2, -0.15) is 0 Å². The van der Waals surface area contributed by atoms with Crippen molar-refractivity contribution in [2.75, 3.05) is 7.11 Å². The number of carbonyl (C=O) groups is 1. The topological polar surface area (TPSA) is 26.3 Å². The van der Waals surface area contributed by atoms with Crippen LogP contribution in [-0.4, -0.2) is 12.9 Å². The summed E-state index contributed by atoms with van der Waals surface area (Å²) in [6, 6.07) is 3.98. The van der Waals surface area contributed by atoms with E-state index in [1.807, 2.05) is 0 Å². The number of hydrogen-bond acceptors (Lipinski definition) is 2. The van der Waals surface area contributed by atoms with Crippen molar-refractivity contribution in [3.05, 3.63) is 41.7 Å². The summed E-state index contributed by atoms with van der Waals surface area (Å²) in [6.45, 7) is 5.13. The van der Waals surface area contributed by atoms with Gasteiger partial charge in [0.25, 0.3) is 0 Å². The molecule has 2 nitrogen and oxygen atoms in total. The lowest BCUT2D eigenvalue weighted by molar-refractivity contribution is 0.103. The van der Waals surface area contributed by atoms with E-state index in [1.165, 1.54) is 25.3 Å². The average molecular weight is 194 g/mol. The van der Waals surface area contributed by atoms with Crippen LogP contribution in [0, 0.1) is 5.82 Å². The molecule has 0 aliphatic heterocycles. The molecule has 0 saturated carbocycles. The Kier molecular flexibility index (Phi) is 3.02. The molecule has 0 atom stereocenters. The zero-order valence-corrected chi connectivity index (χ0v) is 8.13. The molecule has 0 aliphatic carbocycles. The van der Waals surface area contributed by atoms with E-state index in [4.69, 9.17) is 4.74 Å². The maximum Gasteiger partial charge on any atom is 0.188 e. The highest BCUT2D eigenvalue weighted by molar-refractivity contribution is 6.08. The number of rotatable bonds is 3. The van der Waals surface area contributed by atoms with Gasteiger partial charge in [-0.1, -0.05) is 6.58 Å². The molecule has 0 amide bonds. The van der Waals surface area contributed by atoms with Crippen molar-refractivity contribution in [2.45, 2.75) is 6.92 Å². The zero-order valence-electron chi connectivity index (χ0n) is 8.13. The van der Waals surface area contributed by atoms with Gasteiger partial charge in [-0.15, -0.1) is 0 Å². The van der Waals surface area contributed by atoms with Gasteiger partial charge >= 0.3 is 0 Å². The second kappa shape index (κ2) is 4.05. The third kappa shape index (κ3) is 1.99. The number of hydrogen-bond donors (Lipinski definition) is 0. The lowest BCUT2D eigenvalue weighted by atomic mass is 10.1. The lowest BCUT2D eigenvalue weighted by Crippen LogP contribution is -2.00. The van der Waals surface area contributed by atoms with Crippen LogP contribution in [0.3, 0.4) is 0 Å². The van der Waals surface area contributed by atoms with E-state index in [9.17, 15) is 9.18 Å². The number of carbonyl (C=O) groups excluding carboxylic acids is 1. The minimum atomic E-state index is -0.481. The van der Waals surface area contributed by atoms with Crippen LogP contribution in [0.15, 0.2) is 30.4 Å². The zero-order chi connectivity index (χ0) is 10.7. The number of allylic oxidation sites excluding steroid dienone is 1. The Bertz CT molecular complexity index is 383. The minimum Gasteiger partial charge on any atom is -0.494 e. The molecular weight excluding hydrogens is 183 g/mol. The Morgan fingerprint density at radius 2 is 2.14 bits per heavy atom. The van der Waals surface area contributed by atoms with Gasteiger partial charge in [-0.05, 0) is 30.7 Å². The van der Waals surface area contributed by atoms with Crippen molar-refractivity contribution >= 4 is 5.78 Å². The van der Waals surface area contributed by atoms with Crippen LogP contribution in [0.4, 0.5) is 4.39 Å². The standard InChI is InChI=1S/C11H11FO2/c1-7(2)11(13)8-4-5-9(12)10(6-8)14-3/h4-6H,1H2,2-3H3. The van der Waals surface area contributed by atoms with E-state index in [0.29, 0.717) is 11.1 Å². The maximum atomic E-state index is 13.0. The van der Waals surface area contributed by atoms with Gasteiger partial charge in [-0.25, -0.2) is 4.39 Å². The molecule has 1 aromatic carbocycles. The quantitative estimate of drug-likeness (QED) is 0.546. The third-order valence-electron chi connectivity index (χ3n) is 1.80. The molecule has 0 heterocycles. The maximum absolute atomic E-state index is 13.0. The first-order valence-corrected chi connectivity index (χ1v) is 4.10. The Labute approximate surface area is 82.0 Å². The van der Waals surface area contributed by atoms with E-state index in [1.54, 1.807) is 6.92 Å². The molecule has 0 aliphatic rings. The highest BCUT2D eigenvalue weighted by atomic mass is 19.1. The monoisotopic (exact) mass is 194 g/mol. The molecule has 14 heavy (non-hydrogen) atoms. The van der Waals surface area contributed by atoms with Gasteiger partial charge in [0.1, 0.15) is 0 Å². The molecule has 0 saturated heterocycles. The predicted molar refractivity (Wildman–Crippen MR) is 52.1 cm³/mol. The third-order valence-corrected chi connectivity index (χ3v) is 1.80. The first kappa shape index (κ1) is 10.4. The van der Waals surface area contributed by atoms with E-state index < -0.39 is 5.82 Å². The number of methoxy groups -OCH3 is 1. The first-order valence-electron chi connectivity index (χ1n) is 4.10. The summed E-state index contributed by atoms with van der Waals surface area (Å²) in [7, 11) is 1.35. The van der Waals surface area contributed by atoms with Crippen LogP contribution in [0.5, 0.6) is 5.75 Å². The fourth-order valence-corrected chi connectivity index (χ4v) is 1.05. The summed E-state index contributed by atoms with van der Waals surface area (Å²) in [6.07, 6.45) is 0. The number of ketones is 1. The second-order valence-corrected chi connectivity index (χ2v) is 2.96. The predicted octanol–water partition coefficient (Wildman–Crippen LogP) is 2.59. The normalized spacial score (nSPS) is 9.64. The SMILES string of the molecule is C=C(C)C(=O)c1ccc(F)c(OC)c1. The van der Waals surface area contributed by atoms with Gasteiger partial charge in [0.2, 0.25) is 0 Å². The van der Waals surface area contributed by atoms with E-state index in [2.05, 4.69) is 6.58 Å². The Balaban J connectivity index is 3.12. The minimum absolute atomic E-state index is 0.0668. The largest absolute Gasteiger partial charge is 0.494 e. The first-order chi connectivity index (χ1) is 6.56. The van der Waals surface area contributed by atoms with Gasteiger partial charge in [0, 0.05) is 5.56 Å². The highest BCUT2D eigenvalue weighted by Gasteiger charge is 2.10. The van der Waals surface area contributed by atoms with Gasteiger partial charge in [0.05, 0.1) is 7.11 Å². The van der Waals surface area contributed by atoms with Gasteiger partial charge in [0.15, 0.2) is 17.3 Å². The van der Waals surface area contributed by atoms with Gasteiger partial charge in [-0.3, -0.25) is 4.79 Å². The molecule has 0 aromatic heterocycles. The van der Waals surface area contributed by atoms with Crippen molar-refractivity contribution in [3.8, 4) is 5.75 Å². The van der Waals surface area contributed by atoms with Crippen LogP contribution < -0.4 is 4.74 Å². The second-order valence-electron chi connectivity index (χ2n) is 2.96. The summed E-state index contributed by atoms with van der Waals surface area (Å²) in [5, 5.41) is 0. The molecule has 0 radical (unpaired) electrons. The molecule has 0 unspecified atom stereocenters. The fraction of sp³-hybridized carbons (Fsp3) is 0.182. The van der Waals surface area contributed by atoms with Crippen molar-refractivity contribution in [1.82, 2.24) is 0 Å². The average Bonchev–Trinajstić information content (AvgIpc) is 2.17. The number of Topliss-reactive ketones (excluding diaryl/α,β-unsaturated/α-hetero) is 1. The van der Waals surface area contributed by atoms with E-state index >= 15 is 0 Å². The van der Waals surface area contributed by atoms with Crippen LogP contribution in [0.1, 0.15) is 17.3 Å². The van der Waals surface area contributed by atoms with Gasteiger partial charge < -0.3 is 4.74 Å². The Hall–Kier alpha value is -1.64. The summed E-state index contributed by atoms with van der Waals surface area (Å²) < 4.78 is 17.7. The van der Waals surface area contributed by atoms with Crippen LogP contribution >= 0.6 is 0 Å². The van der Waals surface area contributed by atoms with Crippen LogP contribution in [-0.2, 0) is 0 Å². The smallest absolute Gasteiger partial charge is 0.188 e. The molecular formula is C11H11FO2. The van der Waals surface area contributed by atoms with Crippen LogP contribution in [0.25, 0.3) is 0 Å². The van der Waals surface area contributed by atoms with Crippen molar-refractivity contribution < 1.29 is 13.9 Å². The molecule has 0 spiro atoms. The highest BCUT2D eigenvalue weighted by Crippen LogP contribution is 2.19. The van der Waals surface area contributed by atoms with Crippen molar-refractivity contribution in [3.63, 3.8) is 0 Å². The Morgan fingerprint density at radius 1 is 1.50 bits per heavy atom. The molecule has 0 bridgehead atoms. The number of benzene rings is 1. The van der Waals surface area contributed by atoms with E-state index in [-0.39, 0.29) is 11.5 Å². The molecule has 0 fully saturated rings. The van der Waals surface area contributed by atoms with Crippen LogP contribution in [0.2, 0.25) is 0 Å². The molecule has 1 aromatic rings. The number of ether oxygens (including phenoxy) is 1. The molecule has 0 N–H and O–H groups in total.